The summed E-state index contributed by atoms with van der Waals surface area (Å²) < 4.78 is 5.77. The van der Waals surface area contributed by atoms with Gasteiger partial charge in [-0.05, 0) is 19.4 Å². The molecule has 18 heavy (non-hydrogen) atoms. The summed E-state index contributed by atoms with van der Waals surface area (Å²) in [4.78, 5) is 8.92. The first-order valence-electron chi connectivity index (χ1n) is 6.67. The van der Waals surface area contributed by atoms with E-state index in [4.69, 9.17) is 4.74 Å². The number of ether oxygens (including phenoxy) is 1. The van der Waals surface area contributed by atoms with Crippen LogP contribution in [0.1, 0.15) is 51.6 Å². The zero-order valence-corrected chi connectivity index (χ0v) is 12.2. The minimum atomic E-state index is 0.338. The molecule has 4 nitrogen and oxygen atoms in total. The van der Waals surface area contributed by atoms with Gasteiger partial charge in [0.1, 0.15) is 5.82 Å². The third kappa shape index (κ3) is 4.61. The van der Waals surface area contributed by atoms with Crippen molar-refractivity contribution in [1.29, 1.82) is 0 Å². The summed E-state index contributed by atoms with van der Waals surface area (Å²) in [6, 6.07) is 0. The molecule has 0 aliphatic rings. The molecule has 0 spiro atoms. The molecule has 0 saturated carbocycles. The molecule has 1 N–H and O–H groups in total. The number of hydrogen-bond donors (Lipinski definition) is 1. The van der Waals surface area contributed by atoms with E-state index in [1.54, 1.807) is 6.20 Å². The van der Waals surface area contributed by atoms with E-state index in [0.717, 1.165) is 30.3 Å². The average Bonchev–Trinajstić information content (AvgIpc) is 2.30. The summed E-state index contributed by atoms with van der Waals surface area (Å²) in [6.45, 7) is 10.0. The molecule has 0 aromatic carbocycles. The van der Waals surface area contributed by atoms with Gasteiger partial charge >= 0.3 is 0 Å². The average molecular weight is 251 g/mol. The predicted octanol–water partition coefficient (Wildman–Crippen LogP) is 2.74. The lowest BCUT2D eigenvalue weighted by molar-refractivity contribution is 0.283. The van der Waals surface area contributed by atoms with Gasteiger partial charge in [0.15, 0.2) is 5.75 Å². The number of hydrogen-bond acceptors (Lipinski definition) is 4. The van der Waals surface area contributed by atoms with E-state index in [1.165, 1.54) is 0 Å². The van der Waals surface area contributed by atoms with Gasteiger partial charge in [-0.1, -0.05) is 27.7 Å². The van der Waals surface area contributed by atoms with E-state index in [2.05, 4.69) is 43.0 Å². The molecule has 0 aliphatic carbocycles. The number of rotatable bonds is 7. The van der Waals surface area contributed by atoms with Crippen molar-refractivity contribution in [2.45, 2.75) is 46.6 Å². The van der Waals surface area contributed by atoms with Gasteiger partial charge in [0.05, 0.1) is 18.5 Å². The van der Waals surface area contributed by atoms with E-state index in [0.29, 0.717) is 18.4 Å². The third-order valence-electron chi connectivity index (χ3n) is 2.66. The summed E-state index contributed by atoms with van der Waals surface area (Å²) in [5.41, 5.74) is 0.944. The van der Waals surface area contributed by atoms with Crippen LogP contribution in [-0.2, 0) is 6.54 Å². The molecule has 1 aromatic heterocycles. The van der Waals surface area contributed by atoms with Crippen LogP contribution in [0.3, 0.4) is 0 Å². The van der Waals surface area contributed by atoms with Gasteiger partial charge in [-0.25, -0.2) is 9.97 Å². The van der Waals surface area contributed by atoms with Crippen LogP contribution in [-0.4, -0.2) is 23.6 Å². The maximum Gasteiger partial charge on any atom is 0.160 e. The molecular weight excluding hydrogens is 226 g/mol. The Morgan fingerprint density at radius 3 is 2.56 bits per heavy atom. The molecule has 0 unspecified atom stereocenters. The van der Waals surface area contributed by atoms with E-state index >= 15 is 0 Å². The van der Waals surface area contributed by atoms with Crippen LogP contribution in [0.5, 0.6) is 5.75 Å². The van der Waals surface area contributed by atoms with Gasteiger partial charge in [0.25, 0.3) is 0 Å². The summed E-state index contributed by atoms with van der Waals surface area (Å²) in [5, 5.41) is 3.12. The fourth-order valence-electron chi connectivity index (χ4n) is 1.52. The van der Waals surface area contributed by atoms with E-state index < -0.39 is 0 Å². The van der Waals surface area contributed by atoms with Gasteiger partial charge in [-0.2, -0.15) is 0 Å². The van der Waals surface area contributed by atoms with Crippen LogP contribution in [0.4, 0.5) is 0 Å². The van der Waals surface area contributed by atoms with Crippen LogP contribution in [0, 0.1) is 5.92 Å². The Bertz CT molecular complexity index is 364. The second-order valence-corrected chi connectivity index (χ2v) is 5.26. The summed E-state index contributed by atoms with van der Waals surface area (Å²) in [5.74, 6) is 2.66. The van der Waals surface area contributed by atoms with Crippen LogP contribution in [0.15, 0.2) is 6.20 Å². The second kappa shape index (κ2) is 7.31. The van der Waals surface area contributed by atoms with Crippen molar-refractivity contribution < 1.29 is 4.74 Å². The van der Waals surface area contributed by atoms with Crippen molar-refractivity contribution >= 4 is 0 Å². The minimum absolute atomic E-state index is 0.338. The van der Waals surface area contributed by atoms with Crippen molar-refractivity contribution in [1.82, 2.24) is 15.3 Å². The fourth-order valence-corrected chi connectivity index (χ4v) is 1.52. The van der Waals surface area contributed by atoms with Crippen molar-refractivity contribution in [3.8, 4) is 5.75 Å². The Kier molecular flexibility index (Phi) is 6.05. The summed E-state index contributed by atoms with van der Waals surface area (Å²) in [7, 11) is 1.91. The lowest BCUT2D eigenvalue weighted by Gasteiger charge is -2.13. The molecular formula is C14H25N3O. The fraction of sp³-hybridized carbons (Fsp3) is 0.714. The molecule has 0 bridgehead atoms. The Morgan fingerprint density at radius 1 is 1.28 bits per heavy atom. The predicted molar refractivity (Wildman–Crippen MR) is 73.8 cm³/mol. The zero-order chi connectivity index (χ0) is 13.5. The van der Waals surface area contributed by atoms with Crippen LogP contribution < -0.4 is 10.1 Å². The zero-order valence-electron chi connectivity index (χ0n) is 12.2. The second-order valence-electron chi connectivity index (χ2n) is 5.26. The third-order valence-corrected chi connectivity index (χ3v) is 2.66. The highest BCUT2D eigenvalue weighted by Gasteiger charge is 2.10. The van der Waals surface area contributed by atoms with Gasteiger partial charge in [-0.3, -0.25) is 0 Å². The van der Waals surface area contributed by atoms with Crippen LogP contribution in [0.2, 0.25) is 0 Å². The largest absolute Gasteiger partial charge is 0.490 e. The highest BCUT2D eigenvalue weighted by atomic mass is 16.5. The van der Waals surface area contributed by atoms with Gasteiger partial charge in [0.2, 0.25) is 0 Å². The van der Waals surface area contributed by atoms with Gasteiger partial charge in [-0.15, -0.1) is 0 Å². The number of nitrogens with one attached hydrogen (secondary N) is 1. The molecule has 0 saturated heterocycles. The van der Waals surface area contributed by atoms with Crippen molar-refractivity contribution in [2.75, 3.05) is 13.7 Å². The van der Waals surface area contributed by atoms with E-state index in [9.17, 15) is 0 Å². The molecule has 0 aliphatic heterocycles. The number of nitrogens with zero attached hydrogens (tertiary/aromatic N) is 2. The first-order valence-corrected chi connectivity index (χ1v) is 6.67. The smallest absolute Gasteiger partial charge is 0.160 e. The molecule has 102 valence electrons. The number of aromatic nitrogens is 2. The lowest BCUT2D eigenvalue weighted by Crippen LogP contribution is -2.13. The quantitative estimate of drug-likeness (QED) is 0.809. The molecule has 0 atom stereocenters. The Balaban J connectivity index is 2.76. The summed E-state index contributed by atoms with van der Waals surface area (Å²) in [6.07, 6.45) is 2.85. The van der Waals surface area contributed by atoms with Crippen molar-refractivity contribution in [2.24, 2.45) is 5.92 Å². The standard InChI is InChI=1S/C14H25N3O/c1-10(2)6-7-18-13-9-16-14(11(3)4)17-12(13)8-15-5/h9-11,15H,6-8H2,1-5H3. The first-order chi connectivity index (χ1) is 8.54. The van der Waals surface area contributed by atoms with Gasteiger partial charge < -0.3 is 10.1 Å². The molecule has 4 heteroatoms. The molecule has 0 amide bonds. The topological polar surface area (TPSA) is 47.0 Å². The molecule has 0 radical (unpaired) electrons. The maximum atomic E-state index is 5.77. The highest BCUT2D eigenvalue weighted by molar-refractivity contribution is 5.25. The molecule has 1 aromatic rings. The summed E-state index contributed by atoms with van der Waals surface area (Å²) >= 11 is 0. The lowest BCUT2D eigenvalue weighted by atomic mass is 10.1. The van der Waals surface area contributed by atoms with E-state index in [1.807, 2.05) is 7.05 Å². The Labute approximate surface area is 110 Å². The molecule has 1 rings (SSSR count). The Morgan fingerprint density at radius 2 is 2.00 bits per heavy atom. The first kappa shape index (κ1) is 14.9. The van der Waals surface area contributed by atoms with Crippen LogP contribution >= 0.6 is 0 Å². The maximum absolute atomic E-state index is 5.77. The Hall–Kier alpha value is -1.16. The monoisotopic (exact) mass is 251 g/mol. The molecule has 0 fully saturated rings. The highest BCUT2D eigenvalue weighted by Crippen LogP contribution is 2.19. The van der Waals surface area contributed by atoms with Crippen LogP contribution in [0.25, 0.3) is 0 Å². The van der Waals surface area contributed by atoms with Crippen molar-refractivity contribution in [3.63, 3.8) is 0 Å². The van der Waals surface area contributed by atoms with E-state index in [-0.39, 0.29) is 0 Å². The molecule has 1 heterocycles. The van der Waals surface area contributed by atoms with Gasteiger partial charge in [0, 0.05) is 12.5 Å². The minimum Gasteiger partial charge on any atom is -0.490 e. The van der Waals surface area contributed by atoms with Crippen molar-refractivity contribution in [3.05, 3.63) is 17.7 Å². The SMILES string of the molecule is CNCc1nc(C(C)C)ncc1OCCC(C)C. The normalized spacial score (nSPS) is 11.3.